The second-order valence-corrected chi connectivity index (χ2v) is 6.93. The summed E-state index contributed by atoms with van der Waals surface area (Å²) in [5.41, 5.74) is 7.54. The van der Waals surface area contributed by atoms with Gasteiger partial charge in [-0.2, -0.15) is 4.98 Å². The van der Waals surface area contributed by atoms with Crippen molar-refractivity contribution in [3.05, 3.63) is 41.3 Å². The summed E-state index contributed by atoms with van der Waals surface area (Å²) in [5.74, 6) is 0.248. The van der Waals surface area contributed by atoms with Crippen LogP contribution in [0.25, 0.3) is 0 Å². The van der Waals surface area contributed by atoms with Gasteiger partial charge >= 0.3 is 6.03 Å². The third-order valence-corrected chi connectivity index (χ3v) is 5.04. The summed E-state index contributed by atoms with van der Waals surface area (Å²) < 4.78 is 14.5. The molecule has 2 aliphatic rings. The van der Waals surface area contributed by atoms with Crippen LogP contribution < -0.4 is 15.5 Å². The lowest BCUT2D eigenvalue weighted by Gasteiger charge is -2.39. The minimum atomic E-state index is -0.415. The lowest BCUT2D eigenvalue weighted by Crippen LogP contribution is -2.53. The van der Waals surface area contributed by atoms with Gasteiger partial charge in [-0.25, -0.2) is 14.2 Å². The van der Waals surface area contributed by atoms with Crippen LogP contribution in [0.3, 0.4) is 0 Å². The Balaban J connectivity index is 1.83. The third kappa shape index (κ3) is 2.66. The van der Waals surface area contributed by atoms with Crippen LogP contribution in [0.5, 0.6) is 0 Å². The van der Waals surface area contributed by atoms with E-state index in [-0.39, 0.29) is 24.6 Å². The molecule has 1 atom stereocenters. The minimum Gasteiger partial charge on any atom is -0.368 e. The molecule has 0 bridgehead atoms. The number of hydrogen-bond acceptors (Lipinski definition) is 5. The Hall–Kier alpha value is -2.74. The molecule has 26 heavy (non-hydrogen) atoms. The van der Waals surface area contributed by atoms with Crippen molar-refractivity contribution in [3.63, 3.8) is 0 Å². The van der Waals surface area contributed by atoms with Gasteiger partial charge in [-0.3, -0.25) is 9.80 Å². The van der Waals surface area contributed by atoms with E-state index in [0.29, 0.717) is 17.1 Å². The Morgan fingerprint density at radius 2 is 2.15 bits per heavy atom. The number of fused-ring (bicyclic) bond motifs is 1. The second-order valence-electron chi connectivity index (χ2n) is 6.93. The number of halogens is 1. The first kappa shape index (κ1) is 16.7. The highest BCUT2D eigenvalue weighted by Crippen LogP contribution is 2.35. The molecule has 2 N–H and O–H groups in total. The molecule has 2 aliphatic heterocycles. The van der Waals surface area contributed by atoms with E-state index in [4.69, 9.17) is 5.73 Å². The number of para-hydroxylation sites is 1. The van der Waals surface area contributed by atoms with Crippen LogP contribution in [0.15, 0.2) is 24.4 Å². The second kappa shape index (κ2) is 6.21. The van der Waals surface area contributed by atoms with Crippen molar-refractivity contribution in [1.82, 2.24) is 14.9 Å². The highest BCUT2D eigenvalue weighted by Gasteiger charge is 2.40. The van der Waals surface area contributed by atoms with Gasteiger partial charge in [-0.15, -0.1) is 0 Å². The van der Waals surface area contributed by atoms with Crippen LogP contribution in [0.4, 0.5) is 26.6 Å². The molecule has 1 unspecified atom stereocenters. The number of nitrogen functional groups attached to an aromatic ring is 1. The number of benzene rings is 1. The van der Waals surface area contributed by atoms with Crippen LogP contribution in [0.2, 0.25) is 0 Å². The maximum atomic E-state index is 14.5. The Labute approximate surface area is 151 Å². The number of aromatic nitrogens is 2. The van der Waals surface area contributed by atoms with E-state index in [2.05, 4.69) is 14.9 Å². The maximum absolute atomic E-state index is 14.5. The third-order valence-electron chi connectivity index (χ3n) is 5.04. The number of rotatable bonds is 2. The number of carbonyl (C=O) groups is 1. The summed E-state index contributed by atoms with van der Waals surface area (Å²) in [6.45, 7) is 3.64. The zero-order valence-electron chi connectivity index (χ0n) is 14.8. The molecule has 7 nitrogen and oxygen atoms in total. The molecule has 1 aromatic heterocycles. The molecule has 3 heterocycles. The predicted octanol–water partition coefficient (Wildman–Crippen LogP) is 2.16. The van der Waals surface area contributed by atoms with Crippen LogP contribution in [0, 0.1) is 12.7 Å². The molecular weight excluding hydrogens is 335 g/mol. The van der Waals surface area contributed by atoms with Crippen LogP contribution >= 0.6 is 0 Å². The van der Waals surface area contributed by atoms with Gasteiger partial charge in [0, 0.05) is 18.3 Å². The van der Waals surface area contributed by atoms with Crippen molar-refractivity contribution in [2.45, 2.75) is 25.9 Å². The molecule has 4 rings (SSSR count). The Bertz CT molecular complexity index is 853. The smallest absolute Gasteiger partial charge is 0.330 e. The number of hydrogen-bond donors (Lipinski definition) is 1. The van der Waals surface area contributed by atoms with Gasteiger partial charge < -0.3 is 10.6 Å². The molecule has 1 aromatic carbocycles. The molecule has 8 heteroatoms. The van der Waals surface area contributed by atoms with Gasteiger partial charge in [0.05, 0.1) is 18.3 Å². The zero-order chi connectivity index (χ0) is 18.4. The molecule has 2 aromatic rings. The summed E-state index contributed by atoms with van der Waals surface area (Å²) in [5, 5.41) is 0. The first-order chi connectivity index (χ1) is 12.5. The highest BCUT2D eigenvalue weighted by atomic mass is 19.1. The SMILES string of the molecule is Cc1cccc(F)c1N1Cc2cnc(N)nc2N(C2CCN(C)C2)C1=O. The normalized spacial score (nSPS) is 20.6. The van der Waals surface area contributed by atoms with E-state index in [1.165, 1.54) is 11.0 Å². The minimum absolute atomic E-state index is 0.0320. The van der Waals surface area contributed by atoms with E-state index in [9.17, 15) is 9.18 Å². The molecular formula is C18H21FN6O. The number of anilines is 3. The van der Waals surface area contributed by atoms with E-state index in [1.54, 1.807) is 30.2 Å². The van der Waals surface area contributed by atoms with Gasteiger partial charge in [-0.05, 0) is 38.6 Å². The standard InChI is InChI=1S/C18H21FN6O/c1-11-4-3-5-14(19)15(11)24-9-12-8-21-17(20)22-16(12)25(18(24)26)13-6-7-23(2)10-13/h3-5,8,13H,6-7,9-10H2,1-2H3,(H2,20,21,22). The number of aryl methyl sites for hydroxylation is 1. The first-order valence-corrected chi connectivity index (χ1v) is 8.61. The Morgan fingerprint density at radius 1 is 1.35 bits per heavy atom. The monoisotopic (exact) mass is 356 g/mol. The first-order valence-electron chi connectivity index (χ1n) is 8.61. The quantitative estimate of drug-likeness (QED) is 0.892. The molecule has 1 fully saturated rings. The van der Waals surface area contributed by atoms with E-state index in [0.717, 1.165) is 25.1 Å². The molecule has 0 aliphatic carbocycles. The Morgan fingerprint density at radius 3 is 2.85 bits per heavy atom. The molecule has 0 saturated carbocycles. The fourth-order valence-corrected chi connectivity index (χ4v) is 3.78. The fraction of sp³-hybridized carbons (Fsp3) is 0.389. The average Bonchev–Trinajstić information content (AvgIpc) is 3.01. The number of nitrogens with zero attached hydrogens (tertiary/aromatic N) is 5. The summed E-state index contributed by atoms with van der Waals surface area (Å²) in [4.78, 5) is 27.0. The lowest BCUT2D eigenvalue weighted by atomic mass is 10.1. The van der Waals surface area contributed by atoms with Crippen molar-refractivity contribution in [1.29, 1.82) is 0 Å². The van der Waals surface area contributed by atoms with Gasteiger partial charge in [0.25, 0.3) is 0 Å². The number of likely N-dealkylation sites (tertiary alicyclic amines) is 1. The van der Waals surface area contributed by atoms with Crippen molar-refractivity contribution in [2.75, 3.05) is 35.7 Å². The van der Waals surface area contributed by atoms with Gasteiger partial charge in [0.1, 0.15) is 11.6 Å². The van der Waals surface area contributed by atoms with Crippen molar-refractivity contribution < 1.29 is 9.18 Å². The molecule has 2 amide bonds. The average molecular weight is 356 g/mol. The number of amides is 2. The van der Waals surface area contributed by atoms with Crippen molar-refractivity contribution >= 4 is 23.5 Å². The molecule has 0 spiro atoms. The van der Waals surface area contributed by atoms with E-state index < -0.39 is 5.82 Å². The van der Waals surface area contributed by atoms with Crippen LogP contribution in [-0.2, 0) is 6.54 Å². The zero-order valence-corrected chi connectivity index (χ0v) is 14.8. The summed E-state index contributed by atoms with van der Waals surface area (Å²) in [6, 6.07) is 4.51. The van der Waals surface area contributed by atoms with Gasteiger partial charge in [-0.1, -0.05) is 12.1 Å². The fourth-order valence-electron chi connectivity index (χ4n) is 3.78. The van der Waals surface area contributed by atoms with Crippen molar-refractivity contribution in [3.8, 4) is 0 Å². The summed E-state index contributed by atoms with van der Waals surface area (Å²) >= 11 is 0. The van der Waals surface area contributed by atoms with Crippen LogP contribution in [0.1, 0.15) is 17.5 Å². The highest BCUT2D eigenvalue weighted by molar-refractivity contribution is 6.06. The Kier molecular flexibility index (Phi) is 3.99. The maximum Gasteiger partial charge on any atom is 0.330 e. The number of nitrogens with two attached hydrogens (primary N) is 1. The van der Waals surface area contributed by atoms with Gasteiger partial charge in [0.2, 0.25) is 5.95 Å². The lowest BCUT2D eigenvalue weighted by molar-refractivity contribution is 0.247. The number of carbonyl (C=O) groups excluding carboxylic acids is 1. The van der Waals surface area contributed by atoms with Gasteiger partial charge in [0.15, 0.2) is 0 Å². The molecule has 1 saturated heterocycles. The van der Waals surface area contributed by atoms with E-state index in [1.807, 2.05) is 7.05 Å². The van der Waals surface area contributed by atoms with Crippen LogP contribution in [-0.4, -0.2) is 47.1 Å². The van der Waals surface area contributed by atoms with Crippen molar-refractivity contribution in [2.24, 2.45) is 0 Å². The summed E-state index contributed by atoms with van der Waals surface area (Å²) in [7, 11) is 2.02. The summed E-state index contributed by atoms with van der Waals surface area (Å²) in [6.07, 6.45) is 2.45. The molecule has 0 radical (unpaired) electrons. The number of likely N-dealkylation sites (N-methyl/N-ethyl adjacent to an activating group) is 1. The predicted molar refractivity (Wildman–Crippen MR) is 97.5 cm³/mol. The largest absolute Gasteiger partial charge is 0.368 e. The topological polar surface area (TPSA) is 78.6 Å². The molecule has 136 valence electrons. The number of urea groups is 1. The van der Waals surface area contributed by atoms with E-state index >= 15 is 0 Å².